The minimum atomic E-state index is 0.281. The van der Waals surface area contributed by atoms with E-state index in [-0.39, 0.29) is 5.78 Å². The summed E-state index contributed by atoms with van der Waals surface area (Å²) in [6.45, 7) is 1.06. The summed E-state index contributed by atoms with van der Waals surface area (Å²) in [6, 6.07) is 0. The van der Waals surface area contributed by atoms with Gasteiger partial charge in [0.15, 0.2) is 5.78 Å². The fourth-order valence-corrected chi connectivity index (χ4v) is 3.04. The number of nitrogens with one attached hydrogen (secondary N) is 1. The van der Waals surface area contributed by atoms with Crippen molar-refractivity contribution < 1.29 is 4.79 Å². The van der Waals surface area contributed by atoms with Crippen molar-refractivity contribution in [2.45, 2.75) is 19.3 Å². The lowest BCUT2D eigenvalue weighted by atomic mass is 10.1. The smallest absolute Gasteiger partial charge is 0.157 e. The molecule has 2 rings (SSSR count). The predicted molar refractivity (Wildman–Crippen MR) is 55.8 cm³/mol. The molecule has 2 aliphatic rings. The molecule has 0 spiro atoms. The Bertz CT molecular complexity index is 231. The van der Waals surface area contributed by atoms with E-state index in [1.165, 1.54) is 17.9 Å². The molecule has 1 N–H and O–H groups in total. The van der Waals surface area contributed by atoms with Gasteiger partial charge in [-0.25, -0.2) is 0 Å². The van der Waals surface area contributed by atoms with E-state index in [1.807, 2.05) is 11.8 Å². The molecule has 1 saturated heterocycles. The maximum absolute atomic E-state index is 10.9. The van der Waals surface area contributed by atoms with Crippen LogP contribution in [0.25, 0.3) is 0 Å². The van der Waals surface area contributed by atoms with Crippen LogP contribution in [0, 0.1) is 5.92 Å². The molecular weight excluding hydrogens is 182 g/mol. The lowest BCUT2D eigenvalue weighted by Gasteiger charge is -2.11. The highest BCUT2D eigenvalue weighted by Gasteiger charge is 2.17. The van der Waals surface area contributed by atoms with E-state index in [0.717, 1.165) is 24.6 Å². The molecule has 0 amide bonds. The molecule has 0 aromatic carbocycles. The number of carbonyl (C=O) groups excluding carboxylic acids is 1. The van der Waals surface area contributed by atoms with Gasteiger partial charge in [-0.2, -0.15) is 11.8 Å². The summed E-state index contributed by atoms with van der Waals surface area (Å²) in [5.74, 6) is 3.70. The van der Waals surface area contributed by atoms with Gasteiger partial charge in [-0.3, -0.25) is 4.79 Å². The zero-order valence-corrected chi connectivity index (χ0v) is 8.53. The van der Waals surface area contributed by atoms with Crippen LogP contribution in [0.3, 0.4) is 0 Å². The normalized spacial score (nSPS) is 27.8. The van der Waals surface area contributed by atoms with E-state index in [0.29, 0.717) is 6.42 Å². The van der Waals surface area contributed by atoms with Crippen LogP contribution < -0.4 is 5.32 Å². The molecule has 13 heavy (non-hydrogen) atoms. The first-order chi connectivity index (χ1) is 6.34. The first-order valence-electron chi connectivity index (χ1n) is 4.89. The van der Waals surface area contributed by atoms with Crippen LogP contribution in [0.4, 0.5) is 0 Å². The van der Waals surface area contributed by atoms with Gasteiger partial charge in [0.25, 0.3) is 0 Å². The van der Waals surface area contributed by atoms with Gasteiger partial charge in [0.1, 0.15) is 0 Å². The highest BCUT2D eigenvalue weighted by Crippen LogP contribution is 2.23. The first kappa shape index (κ1) is 9.13. The van der Waals surface area contributed by atoms with Crippen molar-refractivity contribution in [3.8, 4) is 0 Å². The Morgan fingerprint density at radius 2 is 2.46 bits per heavy atom. The molecular formula is C10H15NOS. The minimum absolute atomic E-state index is 0.281. The summed E-state index contributed by atoms with van der Waals surface area (Å²) in [7, 11) is 0. The second-order valence-corrected chi connectivity index (χ2v) is 4.90. The second kappa shape index (κ2) is 4.18. The molecule has 1 aliphatic carbocycles. The summed E-state index contributed by atoms with van der Waals surface area (Å²) in [5, 5.41) is 3.38. The van der Waals surface area contributed by atoms with Gasteiger partial charge in [0.05, 0.1) is 0 Å². The van der Waals surface area contributed by atoms with Crippen LogP contribution in [-0.2, 0) is 4.79 Å². The molecule has 0 aromatic rings. The maximum Gasteiger partial charge on any atom is 0.157 e. The fourth-order valence-electron chi connectivity index (χ4n) is 1.76. The van der Waals surface area contributed by atoms with Crippen LogP contribution in [0.2, 0.25) is 0 Å². The van der Waals surface area contributed by atoms with Gasteiger partial charge >= 0.3 is 0 Å². The Morgan fingerprint density at radius 3 is 3.08 bits per heavy atom. The second-order valence-electron chi connectivity index (χ2n) is 3.75. The third-order valence-corrected chi connectivity index (χ3v) is 3.85. The van der Waals surface area contributed by atoms with E-state index >= 15 is 0 Å². The van der Waals surface area contributed by atoms with E-state index in [9.17, 15) is 4.79 Å². The standard InChI is InChI=1S/C10H15NOS/c12-10-2-1-9(5-10)11-6-8-3-4-13-7-8/h5,8,11H,1-4,6-7H2. The van der Waals surface area contributed by atoms with E-state index < -0.39 is 0 Å². The number of hydrogen-bond acceptors (Lipinski definition) is 3. The number of rotatable bonds is 3. The molecule has 1 heterocycles. The van der Waals surface area contributed by atoms with Crippen LogP contribution in [0.1, 0.15) is 19.3 Å². The largest absolute Gasteiger partial charge is 0.388 e. The zero-order valence-electron chi connectivity index (χ0n) is 7.71. The Kier molecular flexibility index (Phi) is 2.94. The van der Waals surface area contributed by atoms with Gasteiger partial charge in [0.2, 0.25) is 0 Å². The van der Waals surface area contributed by atoms with E-state index in [4.69, 9.17) is 0 Å². The summed E-state index contributed by atoms with van der Waals surface area (Å²) >= 11 is 2.04. The third kappa shape index (κ3) is 2.50. The summed E-state index contributed by atoms with van der Waals surface area (Å²) in [6.07, 6.45) is 4.74. The molecule has 1 aliphatic heterocycles. The molecule has 0 saturated carbocycles. The maximum atomic E-state index is 10.9. The van der Waals surface area contributed by atoms with Crippen molar-refractivity contribution in [1.29, 1.82) is 0 Å². The molecule has 3 heteroatoms. The average molecular weight is 197 g/mol. The average Bonchev–Trinajstić information content (AvgIpc) is 2.71. The molecule has 1 unspecified atom stereocenters. The van der Waals surface area contributed by atoms with Crippen molar-refractivity contribution in [2.24, 2.45) is 5.92 Å². The third-order valence-electron chi connectivity index (χ3n) is 2.62. The summed E-state index contributed by atoms with van der Waals surface area (Å²) in [5.41, 5.74) is 1.15. The highest BCUT2D eigenvalue weighted by atomic mass is 32.2. The lowest BCUT2D eigenvalue weighted by molar-refractivity contribution is -0.114. The molecule has 0 aromatic heterocycles. The van der Waals surface area contributed by atoms with Crippen molar-refractivity contribution in [2.75, 3.05) is 18.1 Å². The Labute approximate surface area is 83.2 Å². The Morgan fingerprint density at radius 1 is 1.54 bits per heavy atom. The van der Waals surface area contributed by atoms with Crippen molar-refractivity contribution in [3.05, 3.63) is 11.8 Å². The predicted octanol–water partition coefficient (Wildman–Crippen LogP) is 1.58. The fraction of sp³-hybridized carbons (Fsp3) is 0.700. The number of thioether (sulfide) groups is 1. The van der Waals surface area contributed by atoms with E-state index in [2.05, 4.69) is 5.32 Å². The number of ketones is 1. The molecule has 0 bridgehead atoms. The SMILES string of the molecule is O=C1C=C(NCC2CCSC2)CC1. The topological polar surface area (TPSA) is 29.1 Å². The van der Waals surface area contributed by atoms with Gasteiger partial charge in [-0.05, 0) is 30.3 Å². The van der Waals surface area contributed by atoms with Gasteiger partial charge < -0.3 is 5.32 Å². The summed E-state index contributed by atoms with van der Waals surface area (Å²) < 4.78 is 0. The monoisotopic (exact) mass is 197 g/mol. The number of carbonyl (C=O) groups is 1. The van der Waals surface area contributed by atoms with Crippen molar-refractivity contribution >= 4 is 17.5 Å². The van der Waals surface area contributed by atoms with Crippen LogP contribution >= 0.6 is 11.8 Å². The van der Waals surface area contributed by atoms with Crippen molar-refractivity contribution in [3.63, 3.8) is 0 Å². The summed E-state index contributed by atoms with van der Waals surface area (Å²) in [4.78, 5) is 10.9. The van der Waals surface area contributed by atoms with Crippen molar-refractivity contribution in [1.82, 2.24) is 5.32 Å². The highest BCUT2D eigenvalue weighted by molar-refractivity contribution is 7.99. The minimum Gasteiger partial charge on any atom is -0.388 e. The Balaban J connectivity index is 1.73. The van der Waals surface area contributed by atoms with Crippen LogP contribution in [0.5, 0.6) is 0 Å². The molecule has 1 atom stereocenters. The van der Waals surface area contributed by atoms with Crippen LogP contribution in [0.15, 0.2) is 11.8 Å². The zero-order chi connectivity index (χ0) is 9.10. The van der Waals surface area contributed by atoms with E-state index in [1.54, 1.807) is 6.08 Å². The van der Waals surface area contributed by atoms with Gasteiger partial charge in [0, 0.05) is 24.7 Å². The number of hydrogen-bond donors (Lipinski definition) is 1. The Hall–Kier alpha value is -0.440. The molecule has 1 fully saturated rings. The quantitative estimate of drug-likeness (QED) is 0.744. The first-order valence-corrected chi connectivity index (χ1v) is 6.05. The van der Waals surface area contributed by atoms with Crippen LogP contribution in [-0.4, -0.2) is 23.8 Å². The lowest BCUT2D eigenvalue weighted by Crippen LogP contribution is -2.21. The molecule has 72 valence electrons. The molecule has 2 nitrogen and oxygen atoms in total. The number of allylic oxidation sites excluding steroid dienone is 2. The molecule has 0 radical (unpaired) electrons. The van der Waals surface area contributed by atoms with Gasteiger partial charge in [-0.15, -0.1) is 0 Å². The van der Waals surface area contributed by atoms with Gasteiger partial charge in [-0.1, -0.05) is 0 Å².